The van der Waals surface area contributed by atoms with E-state index in [1.165, 1.54) is 12.0 Å². The molecule has 0 bridgehead atoms. The lowest BCUT2D eigenvalue weighted by Gasteiger charge is -2.21. The Bertz CT molecular complexity index is 431. The maximum atomic E-state index is 4.33. The van der Waals surface area contributed by atoms with Crippen LogP contribution in [-0.4, -0.2) is 37.5 Å². The lowest BCUT2D eigenvalue weighted by atomic mass is 9.99. The highest BCUT2D eigenvalue weighted by Gasteiger charge is 2.24. The number of guanidine groups is 1. The highest BCUT2D eigenvalue weighted by atomic mass is 127. The van der Waals surface area contributed by atoms with E-state index in [1.807, 2.05) is 13.1 Å². The van der Waals surface area contributed by atoms with E-state index in [0.29, 0.717) is 0 Å². The number of aliphatic imine (C=N–C) groups is 1. The van der Waals surface area contributed by atoms with E-state index < -0.39 is 0 Å². The van der Waals surface area contributed by atoms with E-state index in [-0.39, 0.29) is 24.0 Å². The van der Waals surface area contributed by atoms with Crippen LogP contribution in [-0.2, 0) is 6.42 Å². The Hall–Kier alpha value is -1.04. The molecule has 1 atom stereocenters. The molecule has 1 fully saturated rings. The fourth-order valence-corrected chi connectivity index (χ4v) is 2.63. The fraction of sp³-hybridized carbons (Fsp3) is 0.438. The first-order valence-electron chi connectivity index (χ1n) is 6.94. The number of nitrogens with zero attached hydrogens (tertiary/aromatic N) is 2. The van der Waals surface area contributed by atoms with Crippen molar-refractivity contribution in [3.8, 4) is 0 Å². The SMILES string of the molecule is C=CCNC(=NC)N1CCC(Cc2ccccc2)C1.I. The van der Waals surface area contributed by atoms with Crippen molar-refractivity contribution in [2.75, 3.05) is 26.7 Å². The van der Waals surface area contributed by atoms with Gasteiger partial charge in [0.2, 0.25) is 0 Å². The van der Waals surface area contributed by atoms with Crippen molar-refractivity contribution in [1.29, 1.82) is 0 Å². The summed E-state index contributed by atoms with van der Waals surface area (Å²) in [7, 11) is 1.84. The number of halogens is 1. The zero-order chi connectivity index (χ0) is 13.5. The van der Waals surface area contributed by atoms with Gasteiger partial charge in [0.15, 0.2) is 5.96 Å². The molecule has 1 unspecified atom stereocenters. The highest BCUT2D eigenvalue weighted by Crippen LogP contribution is 2.20. The summed E-state index contributed by atoms with van der Waals surface area (Å²) in [4.78, 5) is 6.68. The van der Waals surface area contributed by atoms with E-state index in [2.05, 4.69) is 52.1 Å². The maximum Gasteiger partial charge on any atom is 0.193 e. The Morgan fingerprint density at radius 1 is 1.45 bits per heavy atom. The van der Waals surface area contributed by atoms with Gasteiger partial charge in [-0.1, -0.05) is 36.4 Å². The van der Waals surface area contributed by atoms with Gasteiger partial charge < -0.3 is 10.2 Å². The van der Waals surface area contributed by atoms with Crippen molar-refractivity contribution in [3.05, 3.63) is 48.6 Å². The topological polar surface area (TPSA) is 27.6 Å². The molecular weight excluding hydrogens is 361 g/mol. The first-order chi connectivity index (χ1) is 9.33. The Kier molecular flexibility index (Phi) is 7.65. The molecule has 0 saturated carbocycles. The predicted octanol–water partition coefficient (Wildman–Crippen LogP) is 2.93. The minimum atomic E-state index is 0. The molecule has 1 aromatic rings. The average molecular weight is 385 g/mol. The molecule has 1 saturated heterocycles. The quantitative estimate of drug-likeness (QED) is 0.374. The molecule has 3 nitrogen and oxygen atoms in total. The van der Waals surface area contributed by atoms with Crippen molar-refractivity contribution in [3.63, 3.8) is 0 Å². The second-order valence-corrected chi connectivity index (χ2v) is 5.01. The summed E-state index contributed by atoms with van der Waals surface area (Å²) < 4.78 is 0. The van der Waals surface area contributed by atoms with Gasteiger partial charge in [-0.25, -0.2) is 0 Å². The van der Waals surface area contributed by atoms with Gasteiger partial charge >= 0.3 is 0 Å². The van der Waals surface area contributed by atoms with Crippen LogP contribution in [0.25, 0.3) is 0 Å². The van der Waals surface area contributed by atoms with Crippen molar-refractivity contribution in [2.24, 2.45) is 10.9 Å². The number of nitrogens with one attached hydrogen (secondary N) is 1. The van der Waals surface area contributed by atoms with E-state index in [9.17, 15) is 0 Å². The summed E-state index contributed by atoms with van der Waals surface area (Å²) in [6.45, 7) is 6.68. The van der Waals surface area contributed by atoms with Gasteiger partial charge in [-0.3, -0.25) is 4.99 Å². The number of rotatable bonds is 4. The fourth-order valence-electron chi connectivity index (χ4n) is 2.63. The molecule has 110 valence electrons. The molecule has 1 N–H and O–H groups in total. The molecule has 0 aromatic heterocycles. The summed E-state index contributed by atoms with van der Waals surface area (Å²) in [5.74, 6) is 1.72. The molecule has 0 radical (unpaired) electrons. The largest absolute Gasteiger partial charge is 0.353 e. The first kappa shape index (κ1) is 17.0. The van der Waals surface area contributed by atoms with Gasteiger partial charge in [-0.05, 0) is 24.3 Å². The summed E-state index contributed by atoms with van der Waals surface area (Å²) in [5, 5.41) is 3.30. The van der Waals surface area contributed by atoms with E-state index in [1.54, 1.807) is 0 Å². The van der Waals surface area contributed by atoms with Crippen LogP contribution in [0.5, 0.6) is 0 Å². The Balaban J connectivity index is 0.00000200. The monoisotopic (exact) mass is 385 g/mol. The first-order valence-corrected chi connectivity index (χ1v) is 6.94. The standard InChI is InChI=1S/C16H23N3.HI/c1-3-10-18-16(17-2)19-11-9-15(13-19)12-14-7-5-4-6-8-14;/h3-8,15H,1,9-13H2,2H3,(H,17,18);1H. The van der Waals surface area contributed by atoms with E-state index >= 15 is 0 Å². The van der Waals surface area contributed by atoms with Gasteiger partial charge in [-0.15, -0.1) is 30.6 Å². The molecular formula is C16H24IN3. The third-order valence-corrected chi connectivity index (χ3v) is 3.57. The van der Waals surface area contributed by atoms with Crippen LogP contribution >= 0.6 is 24.0 Å². The minimum Gasteiger partial charge on any atom is -0.353 e. The predicted molar refractivity (Wildman–Crippen MR) is 96.8 cm³/mol. The van der Waals surface area contributed by atoms with Gasteiger partial charge in [-0.2, -0.15) is 0 Å². The summed E-state index contributed by atoms with van der Waals surface area (Å²) in [6.07, 6.45) is 4.27. The lowest BCUT2D eigenvalue weighted by Crippen LogP contribution is -2.40. The van der Waals surface area contributed by atoms with Crippen molar-refractivity contribution >= 4 is 29.9 Å². The number of hydrogen-bond donors (Lipinski definition) is 1. The van der Waals surface area contributed by atoms with Crippen LogP contribution in [0, 0.1) is 5.92 Å². The Morgan fingerprint density at radius 2 is 2.20 bits per heavy atom. The zero-order valence-electron chi connectivity index (χ0n) is 12.1. The molecule has 1 aliphatic rings. The van der Waals surface area contributed by atoms with Crippen LogP contribution in [0.3, 0.4) is 0 Å². The van der Waals surface area contributed by atoms with Crippen LogP contribution in [0.2, 0.25) is 0 Å². The number of benzene rings is 1. The normalized spacial score (nSPS) is 18.6. The minimum absolute atomic E-state index is 0. The van der Waals surface area contributed by atoms with Crippen LogP contribution in [0.15, 0.2) is 48.0 Å². The Morgan fingerprint density at radius 3 is 2.85 bits per heavy atom. The van der Waals surface area contributed by atoms with Crippen LogP contribution < -0.4 is 5.32 Å². The second kappa shape index (κ2) is 9.00. The van der Waals surface area contributed by atoms with Crippen molar-refractivity contribution < 1.29 is 0 Å². The molecule has 0 amide bonds. The van der Waals surface area contributed by atoms with E-state index in [4.69, 9.17) is 0 Å². The highest BCUT2D eigenvalue weighted by molar-refractivity contribution is 14.0. The van der Waals surface area contributed by atoms with Crippen LogP contribution in [0.4, 0.5) is 0 Å². The number of hydrogen-bond acceptors (Lipinski definition) is 1. The number of likely N-dealkylation sites (tertiary alicyclic amines) is 1. The van der Waals surface area contributed by atoms with Crippen molar-refractivity contribution in [2.45, 2.75) is 12.8 Å². The smallest absolute Gasteiger partial charge is 0.193 e. The molecule has 1 heterocycles. The van der Waals surface area contributed by atoms with Gasteiger partial charge in [0.1, 0.15) is 0 Å². The summed E-state index contributed by atoms with van der Waals surface area (Å²) >= 11 is 0. The van der Waals surface area contributed by atoms with Crippen molar-refractivity contribution in [1.82, 2.24) is 10.2 Å². The maximum absolute atomic E-state index is 4.33. The molecule has 20 heavy (non-hydrogen) atoms. The summed E-state index contributed by atoms with van der Waals surface area (Å²) in [6, 6.07) is 10.7. The van der Waals surface area contributed by atoms with Gasteiger partial charge in [0, 0.05) is 26.7 Å². The zero-order valence-corrected chi connectivity index (χ0v) is 14.4. The van der Waals surface area contributed by atoms with Gasteiger partial charge in [0.05, 0.1) is 0 Å². The second-order valence-electron chi connectivity index (χ2n) is 5.01. The molecule has 2 rings (SSSR count). The Labute approximate surface area is 139 Å². The lowest BCUT2D eigenvalue weighted by molar-refractivity contribution is 0.462. The van der Waals surface area contributed by atoms with Gasteiger partial charge in [0.25, 0.3) is 0 Å². The van der Waals surface area contributed by atoms with E-state index in [0.717, 1.165) is 37.9 Å². The summed E-state index contributed by atoms with van der Waals surface area (Å²) in [5.41, 5.74) is 1.43. The molecule has 0 aliphatic carbocycles. The van der Waals surface area contributed by atoms with Crippen LogP contribution in [0.1, 0.15) is 12.0 Å². The average Bonchev–Trinajstić information content (AvgIpc) is 2.89. The molecule has 1 aliphatic heterocycles. The molecule has 0 spiro atoms. The third-order valence-electron chi connectivity index (χ3n) is 3.57. The molecule has 1 aromatic carbocycles. The molecule has 4 heteroatoms. The third kappa shape index (κ3) is 4.81.